The molecule has 4 nitrogen and oxygen atoms in total. The Balaban J connectivity index is 1.25. The second-order valence-electron chi connectivity index (χ2n) is 21.8. The molecule has 0 bridgehead atoms. The van der Waals surface area contributed by atoms with Crippen LogP contribution in [0.25, 0.3) is 111 Å². The number of halogens is 24. The summed E-state index contributed by atoms with van der Waals surface area (Å²) in [7, 11) is 0. The Morgan fingerprint density at radius 2 is 0.542 bits per heavy atom. The largest absolute Gasteiger partial charge is 0.417 e. The summed E-state index contributed by atoms with van der Waals surface area (Å²) in [5, 5.41) is 10.8. The summed E-state index contributed by atoms with van der Waals surface area (Å²) < 4.78 is 351. The zero-order valence-corrected chi connectivity index (χ0v) is 47.2. The van der Waals surface area contributed by atoms with Crippen LogP contribution < -0.4 is 0 Å². The molecule has 490 valence electrons. The summed E-state index contributed by atoms with van der Waals surface area (Å²) in [6.45, 7) is 0. The topological polar surface area (TPSA) is 46.5 Å². The molecule has 0 spiro atoms. The second-order valence-corrected chi connectivity index (χ2v) is 21.8. The lowest BCUT2D eigenvalue weighted by molar-refractivity contribution is -0.144. The third-order valence-corrected chi connectivity index (χ3v) is 16.1. The molecular weight excluding hydrogens is 1330 g/mol. The zero-order valence-electron chi connectivity index (χ0n) is 47.2. The second kappa shape index (κ2) is 22.3. The van der Waals surface area contributed by atoms with Crippen LogP contribution in [0.15, 0.2) is 182 Å². The van der Waals surface area contributed by atoms with Crippen molar-refractivity contribution in [1.82, 2.24) is 14.1 Å². The highest BCUT2D eigenvalue weighted by Gasteiger charge is 2.43. The molecule has 12 aromatic rings. The van der Waals surface area contributed by atoms with E-state index >= 15 is 52.7 Å². The molecule has 3 heterocycles. The van der Waals surface area contributed by atoms with Crippen LogP contribution >= 0.6 is 0 Å². The molecule has 0 fully saturated rings. The van der Waals surface area contributed by atoms with E-state index in [4.69, 9.17) is 0 Å². The minimum atomic E-state index is -5.51. The highest BCUT2D eigenvalue weighted by atomic mass is 19.4. The van der Waals surface area contributed by atoms with E-state index in [1.165, 1.54) is 48.5 Å². The van der Waals surface area contributed by atoms with E-state index in [2.05, 4.69) is 4.98 Å². The molecule has 9 aromatic carbocycles. The fraction of sp³-hybridized carbons (Fsp3) is 0.118. The molecule has 12 rings (SSSR count). The van der Waals surface area contributed by atoms with Crippen LogP contribution in [0.4, 0.5) is 105 Å². The monoisotopic (exact) mass is 1360 g/mol. The Labute approximate surface area is 521 Å². The molecule has 0 atom stereocenters. The fourth-order valence-corrected chi connectivity index (χ4v) is 11.9. The predicted molar refractivity (Wildman–Crippen MR) is 305 cm³/mol. The SMILES string of the molecule is N#Cc1ccccc1-c1c(-n2c3cc(-c4ccc(C(F)(F)F)cc4C(F)(F)F)ccc3c3ccc(-c4ccc(C(F)(F)F)cc4C(F)(F)F)cc32)cncc1-n1c2cc(-c3ccc(C(F)(F)F)cc3C(F)(F)F)ccc2c2ccc(-c3ccc(C(F)(F)F)cc3C(F)(F)F)cc21. The van der Waals surface area contributed by atoms with Gasteiger partial charge in [0.25, 0.3) is 0 Å². The minimum absolute atomic E-state index is 0.0191. The number of rotatable bonds is 7. The normalized spacial score (nSPS) is 13.2. The lowest BCUT2D eigenvalue weighted by Gasteiger charge is -2.21. The maximum atomic E-state index is 15.0. The Morgan fingerprint density at radius 3 is 0.781 bits per heavy atom. The van der Waals surface area contributed by atoms with Gasteiger partial charge in [-0.2, -0.15) is 111 Å². The van der Waals surface area contributed by atoms with Gasteiger partial charge in [0.15, 0.2) is 0 Å². The van der Waals surface area contributed by atoms with Crippen LogP contribution in [0.5, 0.6) is 0 Å². The smallest absolute Gasteiger partial charge is 0.307 e. The molecule has 0 amide bonds. The molecule has 28 heteroatoms. The summed E-state index contributed by atoms with van der Waals surface area (Å²) in [4.78, 5) is 4.46. The molecule has 0 aliphatic rings. The van der Waals surface area contributed by atoms with E-state index in [0.717, 1.165) is 70.1 Å². The van der Waals surface area contributed by atoms with Crippen LogP contribution in [-0.2, 0) is 49.4 Å². The Hall–Kier alpha value is -10.5. The highest BCUT2D eigenvalue weighted by molar-refractivity contribution is 6.14. The number of hydrogen-bond acceptors (Lipinski definition) is 2. The van der Waals surface area contributed by atoms with Gasteiger partial charge in [-0.3, -0.25) is 4.98 Å². The van der Waals surface area contributed by atoms with Crippen molar-refractivity contribution in [2.75, 3.05) is 0 Å². The van der Waals surface area contributed by atoms with Crippen molar-refractivity contribution in [1.29, 1.82) is 5.26 Å². The first-order chi connectivity index (χ1) is 44.6. The quantitative estimate of drug-likeness (QED) is 0.149. The number of aromatic nitrogens is 3. The van der Waals surface area contributed by atoms with E-state index in [9.17, 15) is 57.9 Å². The van der Waals surface area contributed by atoms with Gasteiger partial charge in [-0.05, 0) is 123 Å². The molecule has 96 heavy (non-hydrogen) atoms. The van der Waals surface area contributed by atoms with E-state index < -0.39 is 138 Å². The summed E-state index contributed by atoms with van der Waals surface area (Å²) in [6, 6.07) is 22.8. The summed E-state index contributed by atoms with van der Waals surface area (Å²) in [5.74, 6) is 0. The average Bonchev–Trinajstić information content (AvgIpc) is 1.55. The predicted octanol–water partition coefficient (Wildman–Crippen LogP) is 23.6. The van der Waals surface area contributed by atoms with E-state index in [1.54, 1.807) is 0 Å². The molecule has 0 aliphatic carbocycles. The van der Waals surface area contributed by atoms with Crippen molar-refractivity contribution in [2.24, 2.45) is 0 Å². The molecule has 0 aliphatic heterocycles. The Bertz CT molecular complexity index is 4640. The number of nitrogens with zero attached hydrogens (tertiary/aromatic N) is 4. The van der Waals surface area contributed by atoms with Gasteiger partial charge in [0, 0.05) is 32.7 Å². The Kier molecular flexibility index (Phi) is 15.3. The van der Waals surface area contributed by atoms with Crippen LogP contribution in [0.3, 0.4) is 0 Å². The summed E-state index contributed by atoms with van der Waals surface area (Å²) in [5.41, 5.74) is -22.3. The number of alkyl halides is 24. The first-order valence-electron chi connectivity index (χ1n) is 27.4. The van der Waals surface area contributed by atoms with Gasteiger partial charge in [0.1, 0.15) is 0 Å². The van der Waals surface area contributed by atoms with Gasteiger partial charge in [0.2, 0.25) is 0 Å². The zero-order chi connectivity index (χ0) is 69.5. The van der Waals surface area contributed by atoms with Crippen LogP contribution in [0, 0.1) is 11.3 Å². The van der Waals surface area contributed by atoms with Crippen molar-refractivity contribution in [2.45, 2.75) is 49.4 Å². The molecule has 0 saturated carbocycles. The van der Waals surface area contributed by atoms with Crippen LogP contribution in [0.1, 0.15) is 50.1 Å². The van der Waals surface area contributed by atoms with E-state index in [0.29, 0.717) is 48.5 Å². The highest BCUT2D eigenvalue weighted by Crippen LogP contribution is 2.51. The Morgan fingerprint density at radius 1 is 0.281 bits per heavy atom. The maximum absolute atomic E-state index is 15.0. The van der Waals surface area contributed by atoms with Crippen LogP contribution in [-0.4, -0.2) is 14.1 Å². The van der Waals surface area contributed by atoms with E-state index in [-0.39, 0.29) is 95.9 Å². The van der Waals surface area contributed by atoms with Gasteiger partial charge in [-0.25, -0.2) is 0 Å². The summed E-state index contributed by atoms with van der Waals surface area (Å²) in [6.07, 6.45) is -41.3. The van der Waals surface area contributed by atoms with Crippen molar-refractivity contribution in [3.63, 3.8) is 0 Å². The van der Waals surface area contributed by atoms with Crippen molar-refractivity contribution in [3.8, 4) is 73.1 Å². The number of hydrogen-bond donors (Lipinski definition) is 0. The van der Waals surface area contributed by atoms with Gasteiger partial charge in [-0.1, -0.05) is 91.0 Å². The average molecular weight is 1360 g/mol. The van der Waals surface area contributed by atoms with E-state index in [1.807, 2.05) is 6.07 Å². The van der Waals surface area contributed by atoms with Crippen molar-refractivity contribution in [3.05, 3.63) is 232 Å². The van der Waals surface area contributed by atoms with Gasteiger partial charge in [0.05, 0.1) is 102 Å². The lowest BCUT2D eigenvalue weighted by atomic mass is 9.95. The number of benzene rings is 9. The number of pyridine rings is 1. The van der Waals surface area contributed by atoms with Gasteiger partial charge >= 0.3 is 49.4 Å². The molecular formula is C68H30F24N4. The van der Waals surface area contributed by atoms with Gasteiger partial charge in [-0.15, -0.1) is 0 Å². The lowest BCUT2D eigenvalue weighted by Crippen LogP contribution is -2.12. The third kappa shape index (κ3) is 11.7. The maximum Gasteiger partial charge on any atom is 0.417 e. The molecule has 0 unspecified atom stereocenters. The van der Waals surface area contributed by atoms with Crippen LogP contribution in [0.2, 0.25) is 0 Å². The molecule has 0 radical (unpaired) electrons. The molecule has 0 saturated heterocycles. The fourth-order valence-electron chi connectivity index (χ4n) is 11.9. The first-order valence-corrected chi connectivity index (χ1v) is 27.4. The number of fused-ring (bicyclic) bond motifs is 6. The number of nitriles is 1. The molecule has 3 aromatic heterocycles. The minimum Gasteiger partial charge on any atom is -0.307 e. The molecule has 0 N–H and O–H groups in total. The third-order valence-electron chi connectivity index (χ3n) is 16.1. The van der Waals surface area contributed by atoms with Gasteiger partial charge < -0.3 is 9.13 Å². The first kappa shape index (κ1) is 65.6. The standard InChI is InChI=1S/C68H30F24N4/c69-61(70,71)37-9-17-41(50(25-37)65(81,82)83)32-5-13-46-47-14-6-33(42-18-10-38(62(72,73)74)26-51(42)66(84,85)86)22-55(47)95(54(46)21-32)58-30-94-31-59(60(58)45-4-2-1-3-36(45)29-93)96-56-23-34(43-19-11-39(63(75,76)77)27-52(43)67(87,88)89)7-15-48(56)49-16-8-35(24-57(49)96)44-20-12-40(64(78,79)80)28-53(44)68(90,91)92/h1-28,30-31H. The summed E-state index contributed by atoms with van der Waals surface area (Å²) >= 11 is 0. The van der Waals surface area contributed by atoms with Crippen molar-refractivity contribution < 1.29 is 105 Å². The van der Waals surface area contributed by atoms with Crippen molar-refractivity contribution >= 4 is 43.6 Å².